The maximum Gasteiger partial charge on any atom is 0.232 e. The molecule has 2 bridgehead atoms. The number of rotatable bonds is 5. The zero-order chi connectivity index (χ0) is 16.6. The number of hydrogen-bond donors (Lipinski definition) is 3. The third kappa shape index (κ3) is 3.35. The molecule has 0 aromatic heterocycles. The molecule has 4 N–H and O–H groups in total. The Morgan fingerprint density at radius 2 is 1.78 bits per heavy atom. The van der Waals surface area contributed by atoms with Crippen LogP contribution in [-0.4, -0.2) is 26.1 Å². The Labute approximate surface area is 136 Å². The molecule has 4 atom stereocenters. The summed E-state index contributed by atoms with van der Waals surface area (Å²) in [7, 11) is -3.29. The van der Waals surface area contributed by atoms with Crippen molar-refractivity contribution in [2.45, 2.75) is 32.2 Å². The fraction of sp³-hybridized carbons (Fsp3) is 0.562. The van der Waals surface area contributed by atoms with Crippen molar-refractivity contribution < 1.29 is 13.2 Å². The molecule has 23 heavy (non-hydrogen) atoms. The number of anilines is 2. The highest BCUT2D eigenvalue weighted by Gasteiger charge is 2.49. The number of amides is 1. The van der Waals surface area contributed by atoms with Crippen molar-refractivity contribution in [3.05, 3.63) is 24.3 Å². The van der Waals surface area contributed by atoms with Crippen molar-refractivity contribution in [1.29, 1.82) is 0 Å². The van der Waals surface area contributed by atoms with E-state index in [9.17, 15) is 13.2 Å². The van der Waals surface area contributed by atoms with Gasteiger partial charge in [-0.1, -0.05) is 0 Å². The maximum atomic E-state index is 12.5. The van der Waals surface area contributed by atoms with Crippen molar-refractivity contribution in [1.82, 2.24) is 0 Å². The largest absolute Gasteiger partial charge is 0.327 e. The van der Waals surface area contributed by atoms with Crippen LogP contribution in [0.3, 0.4) is 0 Å². The SMILES string of the molecule is CCS(=O)(=O)Nc1ccc(NC(=O)C2C3CCC(C3)C2N)cc1. The predicted molar refractivity (Wildman–Crippen MR) is 90.5 cm³/mol. The maximum absolute atomic E-state index is 12.5. The molecular weight excluding hydrogens is 314 g/mol. The van der Waals surface area contributed by atoms with Gasteiger partial charge in [0.1, 0.15) is 0 Å². The highest BCUT2D eigenvalue weighted by molar-refractivity contribution is 7.92. The Bertz CT molecular complexity index is 685. The molecular formula is C16H23N3O3S. The lowest BCUT2D eigenvalue weighted by Gasteiger charge is -2.27. The molecule has 0 radical (unpaired) electrons. The molecule has 2 aliphatic rings. The Hall–Kier alpha value is -1.60. The van der Waals surface area contributed by atoms with E-state index in [1.807, 2.05) is 0 Å². The van der Waals surface area contributed by atoms with Gasteiger partial charge in [-0.15, -0.1) is 0 Å². The van der Waals surface area contributed by atoms with Gasteiger partial charge in [0, 0.05) is 17.4 Å². The average molecular weight is 337 g/mol. The van der Waals surface area contributed by atoms with Gasteiger partial charge in [-0.3, -0.25) is 9.52 Å². The molecule has 1 aromatic carbocycles. The van der Waals surface area contributed by atoms with Crippen LogP contribution in [0.15, 0.2) is 24.3 Å². The minimum absolute atomic E-state index is 0.0214. The lowest BCUT2D eigenvalue weighted by molar-refractivity contribution is -0.121. The molecule has 1 amide bonds. The number of fused-ring (bicyclic) bond motifs is 2. The number of carbonyl (C=O) groups excluding carboxylic acids is 1. The van der Waals surface area contributed by atoms with Crippen LogP contribution >= 0.6 is 0 Å². The molecule has 0 spiro atoms. The molecule has 2 saturated carbocycles. The standard InChI is InChI=1S/C16H23N3O3S/c1-2-23(21,22)19-13-7-5-12(6-8-13)18-16(20)14-10-3-4-11(9-10)15(14)17/h5-8,10-11,14-15,19H,2-4,9,17H2,1H3,(H,18,20). The van der Waals surface area contributed by atoms with Crippen molar-refractivity contribution >= 4 is 27.3 Å². The second-order valence-electron chi connectivity index (χ2n) is 6.51. The summed E-state index contributed by atoms with van der Waals surface area (Å²) in [5.41, 5.74) is 7.33. The van der Waals surface area contributed by atoms with Gasteiger partial charge in [0.15, 0.2) is 0 Å². The summed E-state index contributed by atoms with van der Waals surface area (Å²) in [6.07, 6.45) is 3.30. The number of sulfonamides is 1. The Morgan fingerprint density at radius 1 is 1.17 bits per heavy atom. The van der Waals surface area contributed by atoms with Crippen LogP contribution in [0.1, 0.15) is 26.2 Å². The third-order valence-corrected chi connectivity index (χ3v) is 6.40. The minimum Gasteiger partial charge on any atom is -0.327 e. The van der Waals surface area contributed by atoms with Gasteiger partial charge in [-0.2, -0.15) is 0 Å². The van der Waals surface area contributed by atoms with E-state index in [0.29, 0.717) is 23.2 Å². The zero-order valence-electron chi connectivity index (χ0n) is 13.2. The smallest absolute Gasteiger partial charge is 0.232 e. The molecule has 4 unspecified atom stereocenters. The first-order chi connectivity index (χ1) is 10.9. The van der Waals surface area contributed by atoms with E-state index in [0.717, 1.165) is 19.3 Å². The van der Waals surface area contributed by atoms with E-state index < -0.39 is 10.0 Å². The van der Waals surface area contributed by atoms with Gasteiger partial charge in [-0.25, -0.2) is 8.42 Å². The highest BCUT2D eigenvalue weighted by Crippen LogP contribution is 2.47. The van der Waals surface area contributed by atoms with E-state index in [1.165, 1.54) is 0 Å². The van der Waals surface area contributed by atoms with Crippen LogP contribution in [0, 0.1) is 17.8 Å². The van der Waals surface area contributed by atoms with E-state index in [2.05, 4.69) is 10.0 Å². The van der Waals surface area contributed by atoms with Crippen molar-refractivity contribution in [2.75, 3.05) is 15.8 Å². The summed E-state index contributed by atoms with van der Waals surface area (Å²) < 4.78 is 25.5. The first-order valence-corrected chi connectivity index (χ1v) is 9.72. The molecule has 2 fully saturated rings. The van der Waals surface area contributed by atoms with Crippen LogP contribution in [-0.2, 0) is 14.8 Å². The van der Waals surface area contributed by atoms with Gasteiger partial charge < -0.3 is 11.1 Å². The van der Waals surface area contributed by atoms with E-state index >= 15 is 0 Å². The van der Waals surface area contributed by atoms with E-state index in [4.69, 9.17) is 5.73 Å². The average Bonchev–Trinajstić information content (AvgIpc) is 3.10. The fourth-order valence-electron chi connectivity index (χ4n) is 3.82. The van der Waals surface area contributed by atoms with Gasteiger partial charge in [0.2, 0.25) is 15.9 Å². The molecule has 1 aromatic rings. The Morgan fingerprint density at radius 3 is 2.35 bits per heavy atom. The Kier molecular flexibility index (Phi) is 4.33. The molecule has 126 valence electrons. The summed E-state index contributed by atoms with van der Waals surface area (Å²) in [4.78, 5) is 12.5. The molecule has 6 nitrogen and oxygen atoms in total. The summed E-state index contributed by atoms with van der Waals surface area (Å²) >= 11 is 0. The molecule has 3 rings (SSSR count). The molecule has 7 heteroatoms. The second kappa shape index (κ2) is 6.13. The monoisotopic (exact) mass is 337 g/mol. The predicted octanol–water partition coefficient (Wildman–Crippen LogP) is 1.76. The number of nitrogens with one attached hydrogen (secondary N) is 2. The summed E-state index contributed by atoms with van der Waals surface area (Å²) in [5, 5.41) is 2.91. The second-order valence-corrected chi connectivity index (χ2v) is 8.52. The summed E-state index contributed by atoms with van der Waals surface area (Å²) in [5.74, 6) is 0.791. The number of hydrogen-bond acceptors (Lipinski definition) is 4. The lowest BCUT2D eigenvalue weighted by Crippen LogP contribution is -2.42. The third-order valence-electron chi connectivity index (χ3n) is 5.09. The van der Waals surface area contributed by atoms with Gasteiger partial charge >= 0.3 is 0 Å². The van der Waals surface area contributed by atoms with Crippen LogP contribution in [0.5, 0.6) is 0 Å². The molecule has 2 aliphatic carbocycles. The lowest BCUT2D eigenvalue weighted by atomic mass is 9.84. The van der Waals surface area contributed by atoms with E-state index in [1.54, 1.807) is 31.2 Å². The Balaban J connectivity index is 1.63. The van der Waals surface area contributed by atoms with Crippen molar-refractivity contribution in [3.8, 4) is 0 Å². The van der Waals surface area contributed by atoms with Gasteiger partial charge in [-0.05, 0) is 62.3 Å². The van der Waals surface area contributed by atoms with Crippen LogP contribution in [0.2, 0.25) is 0 Å². The number of nitrogens with two attached hydrogens (primary N) is 1. The van der Waals surface area contributed by atoms with Crippen LogP contribution in [0.25, 0.3) is 0 Å². The van der Waals surface area contributed by atoms with Gasteiger partial charge in [0.05, 0.1) is 11.7 Å². The normalized spacial score (nSPS) is 29.5. The highest BCUT2D eigenvalue weighted by atomic mass is 32.2. The quantitative estimate of drug-likeness (QED) is 0.762. The summed E-state index contributed by atoms with van der Waals surface area (Å²) in [6.45, 7) is 1.58. The topological polar surface area (TPSA) is 101 Å². The molecule has 0 aliphatic heterocycles. The molecule has 0 heterocycles. The van der Waals surface area contributed by atoms with Crippen molar-refractivity contribution in [3.63, 3.8) is 0 Å². The van der Waals surface area contributed by atoms with E-state index in [-0.39, 0.29) is 23.6 Å². The molecule has 0 saturated heterocycles. The van der Waals surface area contributed by atoms with Crippen LogP contribution in [0.4, 0.5) is 11.4 Å². The number of carbonyl (C=O) groups is 1. The summed E-state index contributed by atoms with van der Waals surface area (Å²) in [6, 6.07) is 6.64. The zero-order valence-corrected chi connectivity index (χ0v) is 14.0. The number of benzene rings is 1. The van der Waals surface area contributed by atoms with Gasteiger partial charge in [0.25, 0.3) is 0 Å². The fourth-order valence-corrected chi connectivity index (χ4v) is 4.46. The first kappa shape index (κ1) is 16.3. The minimum atomic E-state index is -3.29. The first-order valence-electron chi connectivity index (χ1n) is 8.06. The van der Waals surface area contributed by atoms with Crippen molar-refractivity contribution in [2.24, 2.45) is 23.5 Å². The van der Waals surface area contributed by atoms with Crippen LogP contribution < -0.4 is 15.8 Å².